The Balaban J connectivity index is 1.34. The first kappa shape index (κ1) is 32.2. The fourth-order valence-corrected chi connectivity index (χ4v) is 7.09. The number of carbonyl (C=O) groups excluding carboxylic acids is 1. The first-order valence-corrected chi connectivity index (χ1v) is 16.9. The lowest BCUT2D eigenvalue weighted by Gasteiger charge is -2.26. The number of hydrogen-bond acceptors (Lipinski definition) is 9. The number of hydrogen-bond donors (Lipinski definition) is 2. The zero-order valence-electron chi connectivity index (χ0n) is 26.3. The molecule has 0 aliphatic heterocycles. The Bertz CT molecular complexity index is 2080. The molecule has 0 saturated heterocycles. The lowest BCUT2D eigenvalue weighted by molar-refractivity contribution is -0.136. The smallest absolute Gasteiger partial charge is 0.425 e. The number of carbonyl (C=O) groups is 1. The topological polar surface area (TPSA) is 140 Å². The highest BCUT2D eigenvalue weighted by molar-refractivity contribution is 7.52. The number of esters is 1. The van der Waals surface area contributed by atoms with Crippen molar-refractivity contribution in [1.29, 1.82) is 0 Å². The first-order chi connectivity index (χ1) is 22.7. The van der Waals surface area contributed by atoms with Gasteiger partial charge in [0.15, 0.2) is 5.82 Å². The molecule has 3 N–H and O–H groups in total. The molecular weight excluding hydrogens is 617 g/mol. The fourth-order valence-electron chi connectivity index (χ4n) is 5.40. The average Bonchev–Trinajstić information content (AvgIpc) is 3.42. The second-order valence-corrected chi connectivity index (χ2v) is 12.7. The molecule has 2 heterocycles. The van der Waals surface area contributed by atoms with Gasteiger partial charge in [-0.05, 0) is 50.4 Å². The van der Waals surface area contributed by atoms with Crippen molar-refractivity contribution < 1.29 is 27.9 Å². The van der Waals surface area contributed by atoms with Crippen molar-refractivity contribution in [2.75, 3.05) is 12.3 Å². The zero-order valence-corrected chi connectivity index (χ0v) is 27.2. The van der Waals surface area contributed by atoms with Crippen molar-refractivity contribution in [2.24, 2.45) is 0 Å². The molecule has 0 aliphatic rings. The van der Waals surface area contributed by atoms with Gasteiger partial charge in [0.1, 0.15) is 35.5 Å². The average molecular weight is 654 g/mol. The second kappa shape index (κ2) is 13.9. The summed E-state index contributed by atoms with van der Waals surface area (Å²) in [5.74, 6) is 0.953. The van der Waals surface area contributed by atoms with Gasteiger partial charge in [-0.1, -0.05) is 72.8 Å². The van der Waals surface area contributed by atoms with Crippen molar-refractivity contribution in [3.8, 4) is 11.5 Å². The summed E-state index contributed by atoms with van der Waals surface area (Å²) in [5, 5.41) is 5.30. The minimum atomic E-state index is -4.24. The highest BCUT2D eigenvalue weighted by Gasteiger charge is 2.35. The van der Waals surface area contributed by atoms with Gasteiger partial charge >= 0.3 is 13.7 Å². The summed E-state index contributed by atoms with van der Waals surface area (Å²) in [6.07, 6.45) is -0.716. The molecular formula is C35H36N5O6P. The molecule has 0 spiro atoms. The van der Waals surface area contributed by atoms with E-state index in [0.29, 0.717) is 40.8 Å². The predicted octanol–water partition coefficient (Wildman–Crippen LogP) is 7.03. The Morgan fingerprint density at radius 2 is 1.62 bits per heavy atom. The van der Waals surface area contributed by atoms with Gasteiger partial charge < -0.3 is 24.3 Å². The van der Waals surface area contributed by atoms with Crippen LogP contribution in [0.3, 0.4) is 0 Å². The minimum Gasteiger partial charge on any atom is -0.425 e. The van der Waals surface area contributed by atoms with Gasteiger partial charge in [0.25, 0.3) is 0 Å². The molecule has 47 heavy (non-hydrogen) atoms. The molecule has 6 rings (SSSR count). The standard InChI is InChI=1S/C35H36N5O6P/c1-4-43-22-31-38-32-33(28-18-10-11-19-29(28)37-34(32)36)40(31)21-23(2)45-47(42,39-24(3)35(41)44-26-15-6-5-7-16-26)46-30-20-12-14-25-13-8-9-17-27(25)30/h5-20,23-24H,4,21-22H2,1-3H3,(H2,36,37)(H,39,42)/t23-,24+,47+/m1/s1. The van der Waals surface area contributed by atoms with E-state index in [1.54, 1.807) is 50.2 Å². The molecule has 242 valence electrons. The molecule has 0 radical (unpaired) electrons. The van der Waals surface area contributed by atoms with Crippen LogP contribution in [0.2, 0.25) is 0 Å². The molecule has 3 atom stereocenters. The van der Waals surface area contributed by atoms with E-state index >= 15 is 0 Å². The number of ether oxygens (including phenoxy) is 2. The highest BCUT2D eigenvalue weighted by atomic mass is 31.2. The number of nitrogen functional groups attached to an aromatic ring is 1. The summed E-state index contributed by atoms with van der Waals surface area (Å²) in [6.45, 7) is 6.14. The Labute approximate surface area is 272 Å². The SMILES string of the molecule is CCOCc1nc2c(N)nc3ccccc3c2n1C[C@@H](C)O[P@@](=O)(N[C@@H](C)C(=O)Oc1ccccc1)Oc1cccc2ccccc12. The normalized spacial score (nSPS) is 14.2. The van der Waals surface area contributed by atoms with Gasteiger partial charge in [-0.25, -0.2) is 19.3 Å². The number of rotatable bonds is 13. The number of nitrogens with zero attached hydrogens (tertiary/aromatic N) is 3. The Morgan fingerprint density at radius 3 is 2.40 bits per heavy atom. The predicted molar refractivity (Wildman–Crippen MR) is 182 cm³/mol. The van der Waals surface area contributed by atoms with E-state index in [0.717, 1.165) is 21.7 Å². The van der Waals surface area contributed by atoms with Crippen molar-refractivity contribution >= 4 is 52.2 Å². The van der Waals surface area contributed by atoms with E-state index < -0.39 is 25.9 Å². The van der Waals surface area contributed by atoms with Crippen LogP contribution in [0.1, 0.15) is 26.6 Å². The molecule has 0 aliphatic carbocycles. The van der Waals surface area contributed by atoms with Crippen LogP contribution in [0.25, 0.3) is 32.7 Å². The lowest BCUT2D eigenvalue weighted by atomic mass is 10.1. The third-order valence-electron chi connectivity index (χ3n) is 7.52. The number of para-hydroxylation sites is 2. The van der Waals surface area contributed by atoms with Gasteiger partial charge in [-0.2, -0.15) is 5.09 Å². The summed E-state index contributed by atoms with van der Waals surface area (Å²) in [5.41, 5.74) is 8.37. The van der Waals surface area contributed by atoms with Crippen molar-refractivity contribution in [1.82, 2.24) is 19.6 Å². The van der Waals surface area contributed by atoms with Gasteiger partial charge in [-0.3, -0.25) is 4.52 Å². The van der Waals surface area contributed by atoms with Crippen LogP contribution in [-0.4, -0.2) is 39.3 Å². The van der Waals surface area contributed by atoms with Crippen molar-refractivity contribution in [3.63, 3.8) is 0 Å². The molecule has 0 saturated carbocycles. The molecule has 2 aromatic heterocycles. The lowest BCUT2D eigenvalue weighted by Crippen LogP contribution is -2.37. The van der Waals surface area contributed by atoms with E-state index in [9.17, 15) is 9.36 Å². The van der Waals surface area contributed by atoms with Crippen LogP contribution in [0.4, 0.5) is 5.82 Å². The number of fused-ring (bicyclic) bond motifs is 4. The van der Waals surface area contributed by atoms with Crippen molar-refractivity contribution in [3.05, 3.63) is 103 Å². The van der Waals surface area contributed by atoms with Gasteiger partial charge in [-0.15, -0.1) is 0 Å². The second-order valence-electron chi connectivity index (χ2n) is 11.1. The molecule has 4 aromatic carbocycles. The van der Waals surface area contributed by atoms with Crippen LogP contribution in [0.5, 0.6) is 11.5 Å². The van der Waals surface area contributed by atoms with Gasteiger partial charge in [0, 0.05) is 17.4 Å². The number of pyridine rings is 1. The summed E-state index contributed by atoms with van der Waals surface area (Å²) in [7, 11) is -4.24. The highest BCUT2D eigenvalue weighted by Crippen LogP contribution is 2.48. The van der Waals surface area contributed by atoms with E-state index in [1.807, 2.05) is 72.2 Å². The third-order valence-corrected chi connectivity index (χ3v) is 9.30. The van der Waals surface area contributed by atoms with Crippen LogP contribution in [0, 0.1) is 0 Å². The van der Waals surface area contributed by atoms with E-state index in [4.69, 9.17) is 29.2 Å². The van der Waals surface area contributed by atoms with Crippen LogP contribution in [-0.2, 0) is 31.8 Å². The third kappa shape index (κ3) is 7.13. The van der Waals surface area contributed by atoms with Crippen LogP contribution >= 0.6 is 7.75 Å². The van der Waals surface area contributed by atoms with E-state index in [1.165, 1.54) is 0 Å². The molecule has 0 fully saturated rings. The Hall–Kier alpha value is -4.80. The van der Waals surface area contributed by atoms with E-state index in [2.05, 4.69) is 10.1 Å². The summed E-state index contributed by atoms with van der Waals surface area (Å²) in [6, 6.07) is 28.3. The Kier molecular flexibility index (Phi) is 9.51. The molecule has 12 heteroatoms. The van der Waals surface area contributed by atoms with E-state index in [-0.39, 0.29) is 13.2 Å². The van der Waals surface area contributed by atoms with Crippen LogP contribution < -0.4 is 20.1 Å². The summed E-state index contributed by atoms with van der Waals surface area (Å²) >= 11 is 0. The zero-order chi connectivity index (χ0) is 33.0. The molecule has 0 amide bonds. The fraction of sp³-hybridized carbons (Fsp3) is 0.229. The number of benzene rings is 4. The maximum absolute atomic E-state index is 14.7. The maximum atomic E-state index is 14.7. The monoisotopic (exact) mass is 653 g/mol. The summed E-state index contributed by atoms with van der Waals surface area (Å²) in [4.78, 5) is 22.4. The maximum Gasteiger partial charge on any atom is 0.459 e. The first-order valence-electron chi connectivity index (χ1n) is 15.4. The number of aromatic nitrogens is 3. The number of nitrogens with one attached hydrogen (secondary N) is 1. The number of imidazole rings is 1. The number of nitrogens with two attached hydrogens (primary N) is 1. The van der Waals surface area contributed by atoms with Crippen molar-refractivity contribution in [2.45, 2.75) is 46.1 Å². The van der Waals surface area contributed by atoms with Crippen LogP contribution in [0.15, 0.2) is 97.1 Å². The molecule has 11 nitrogen and oxygen atoms in total. The minimum absolute atomic E-state index is 0.208. The molecule has 6 aromatic rings. The number of anilines is 1. The largest absolute Gasteiger partial charge is 0.459 e. The van der Waals surface area contributed by atoms with Gasteiger partial charge in [0.05, 0.1) is 23.7 Å². The molecule has 0 unspecified atom stereocenters. The quantitative estimate of drug-likeness (QED) is 0.0758. The Morgan fingerprint density at radius 1 is 0.915 bits per heavy atom. The summed E-state index contributed by atoms with van der Waals surface area (Å²) < 4.78 is 40.3. The van der Waals surface area contributed by atoms with Gasteiger partial charge in [0.2, 0.25) is 0 Å². The molecule has 0 bridgehead atoms.